The van der Waals surface area contributed by atoms with Gasteiger partial charge < -0.3 is 10.6 Å². The zero-order valence-electron chi connectivity index (χ0n) is 14.7. The molecule has 0 aliphatic carbocycles. The first-order valence-electron chi connectivity index (χ1n) is 8.11. The van der Waals surface area contributed by atoms with E-state index < -0.39 is 10.0 Å². The van der Waals surface area contributed by atoms with Crippen LogP contribution in [0.4, 0.5) is 11.8 Å². The van der Waals surface area contributed by atoms with E-state index in [4.69, 9.17) is 5.73 Å². The Morgan fingerprint density at radius 1 is 1.15 bits per heavy atom. The largest absolute Gasteiger partial charge is 0.368 e. The summed E-state index contributed by atoms with van der Waals surface area (Å²) in [6.07, 6.45) is 4.60. The van der Waals surface area contributed by atoms with E-state index in [-0.39, 0.29) is 5.95 Å². The molecular formula is C17H20N6O2S. The first kappa shape index (κ1) is 18.1. The van der Waals surface area contributed by atoms with Gasteiger partial charge in [0, 0.05) is 44.1 Å². The number of aryl methyl sites for hydroxylation is 1. The van der Waals surface area contributed by atoms with Crippen molar-refractivity contribution in [3.63, 3.8) is 0 Å². The van der Waals surface area contributed by atoms with Gasteiger partial charge in [0.2, 0.25) is 16.0 Å². The molecule has 0 radical (unpaired) electrons. The van der Waals surface area contributed by atoms with Crippen LogP contribution in [0.1, 0.15) is 16.8 Å². The van der Waals surface area contributed by atoms with Gasteiger partial charge in [0.1, 0.15) is 5.82 Å². The normalized spacial score (nSPS) is 15.4. The predicted molar refractivity (Wildman–Crippen MR) is 100 cm³/mol. The molecule has 8 nitrogen and oxygen atoms in total. The van der Waals surface area contributed by atoms with Crippen molar-refractivity contribution >= 4 is 21.8 Å². The molecule has 2 aromatic rings. The molecule has 1 aliphatic rings. The van der Waals surface area contributed by atoms with Gasteiger partial charge in [-0.2, -0.15) is 9.29 Å². The van der Waals surface area contributed by atoms with Crippen LogP contribution in [0.5, 0.6) is 0 Å². The van der Waals surface area contributed by atoms with Crippen molar-refractivity contribution in [2.24, 2.45) is 0 Å². The van der Waals surface area contributed by atoms with Gasteiger partial charge in [-0.25, -0.2) is 13.4 Å². The quantitative estimate of drug-likeness (QED) is 0.753. The van der Waals surface area contributed by atoms with Crippen LogP contribution in [0.3, 0.4) is 0 Å². The van der Waals surface area contributed by atoms with E-state index in [2.05, 4.69) is 26.8 Å². The highest BCUT2D eigenvalue weighted by Gasteiger charge is 2.26. The lowest BCUT2D eigenvalue weighted by atomic mass is 10.1. The van der Waals surface area contributed by atoms with Gasteiger partial charge >= 0.3 is 0 Å². The molecule has 0 atom stereocenters. The second-order valence-electron chi connectivity index (χ2n) is 6.01. The minimum absolute atomic E-state index is 0.176. The predicted octanol–water partition coefficient (Wildman–Crippen LogP) is 0.244. The number of nitrogens with two attached hydrogens (primary N) is 1. The summed E-state index contributed by atoms with van der Waals surface area (Å²) in [5.74, 6) is 7.00. The molecule has 2 aromatic heterocycles. The first-order chi connectivity index (χ1) is 12.3. The van der Waals surface area contributed by atoms with Crippen LogP contribution in [0, 0.1) is 18.8 Å². The first-order valence-corrected chi connectivity index (χ1v) is 9.95. The Labute approximate surface area is 153 Å². The number of sulfonamides is 1. The van der Waals surface area contributed by atoms with Crippen LogP contribution >= 0.6 is 0 Å². The van der Waals surface area contributed by atoms with Crippen LogP contribution in [0.25, 0.3) is 0 Å². The number of anilines is 2. The van der Waals surface area contributed by atoms with Gasteiger partial charge in [0.25, 0.3) is 0 Å². The summed E-state index contributed by atoms with van der Waals surface area (Å²) in [7, 11) is -3.19. The molecule has 1 aliphatic heterocycles. The lowest BCUT2D eigenvalue weighted by Crippen LogP contribution is -2.48. The van der Waals surface area contributed by atoms with E-state index in [0.29, 0.717) is 43.3 Å². The second kappa shape index (κ2) is 7.27. The zero-order valence-corrected chi connectivity index (χ0v) is 15.5. The molecule has 3 heterocycles. The minimum Gasteiger partial charge on any atom is -0.368 e. The van der Waals surface area contributed by atoms with Gasteiger partial charge in [0.15, 0.2) is 0 Å². The highest BCUT2D eigenvalue weighted by atomic mass is 32.2. The van der Waals surface area contributed by atoms with Crippen molar-refractivity contribution in [3.05, 3.63) is 41.3 Å². The third-order valence-electron chi connectivity index (χ3n) is 4.09. The number of hydrogen-bond acceptors (Lipinski definition) is 7. The molecule has 0 saturated carbocycles. The topological polar surface area (TPSA) is 105 Å². The fourth-order valence-electron chi connectivity index (χ4n) is 2.76. The SMILES string of the molecule is Cc1nc(N)nc(N2CCN(S(C)(=O)=O)CC2)c1C#Cc1cccnc1. The summed E-state index contributed by atoms with van der Waals surface area (Å²) >= 11 is 0. The second-order valence-corrected chi connectivity index (χ2v) is 7.99. The third kappa shape index (κ3) is 4.09. The number of rotatable bonds is 2. The van der Waals surface area contributed by atoms with Crippen molar-refractivity contribution in [1.29, 1.82) is 0 Å². The van der Waals surface area contributed by atoms with Crippen molar-refractivity contribution in [1.82, 2.24) is 19.3 Å². The summed E-state index contributed by atoms with van der Waals surface area (Å²) < 4.78 is 24.9. The Kier molecular flexibility index (Phi) is 5.06. The average Bonchev–Trinajstić information content (AvgIpc) is 2.60. The van der Waals surface area contributed by atoms with Crippen molar-refractivity contribution in [3.8, 4) is 11.8 Å². The molecule has 26 heavy (non-hydrogen) atoms. The van der Waals surface area contributed by atoms with Crippen LogP contribution in [0.2, 0.25) is 0 Å². The van der Waals surface area contributed by atoms with Gasteiger partial charge in [-0.3, -0.25) is 4.98 Å². The van der Waals surface area contributed by atoms with Crippen LogP contribution < -0.4 is 10.6 Å². The Hall–Kier alpha value is -2.70. The van der Waals surface area contributed by atoms with Gasteiger partial charge in [0.05, 0.1) is 17.5 Å². The maximum absolute atomic E-state index is 11.7. The van der Waals surface area contributed by atoms with Crippen LogP contribution in [-0.4, -0.2) is 60.1 Å². The summed E-state index contributed by atoms with van der Waals surface area (Å²) in [4.78, 5) is 14.6. The molecule has 0 aromatic carbocycles. The molecule has 0 amide bonds. The summed E-state index contributed by atoms with van der Waals surface area (Å²) in [6.45, 7) is 3.67. The fourth-order valence-corrected chi connectivity index (χ4v) is 3.58. The van der Waals surface area contributed by atoms with E-state index in [0.717, 1.165) is 5.56 Å². The molecule has 2 N–H and O–H groups in total. The molecule has 0 spiro atoms. The fraction of sp³-hybridized carbons (Fsp3) is 0.353. The van der Waals surface area contributed by atoms with E-state index >= 15 is 0 Å². The summed E-state index contributed by atoms with van der Waals surface area (Å²) in [5, 5.41) is 0. The Balaban J connectivity index is 1.92. The molecule has 1 fully saturated rings. The molecule has 0 unspecified atom stereocenters. The minimum atomic E-state index is -3.19. The molecule has 1 saturated heterocycles. The maximum Gasteiger partial charge on any atom is 0.222 e. The number of hydrogen-bond donors (Lipinski definition) is 1. The average molecular weight is 372 g/mol. The van der Waals surface area contributed by atoms with E-state index in [1.807, 2.05) is 24.0 Å². The number of nitrogen functional groups attached to an aromatic ring is 1. The molecule has 3 rings (SSSR count). The van der Waals surface area contributed by atoms with E-state index in [1.54, 1.807) is 12.4 Å². The van der Waals surface area contributed by atoms with Crippen LogP contribution in [0.15, 0.2) is 24.5 Å². The number of aromatic nitrogens is 3. The van der Waals surface area contributed by atoms with Gasteiger partial charge in [-0.1, -0.05) is 11.8 Å². The Morgan fingerprint density at radius 2 is 1.88 bits per heavy atom. The van der Waals surface area contributed by atoms with Crippen molar-refractivity contribution < 1.29 is 8.42 Å². The lowest BCUT2D eigenvalue weighted by molar-refractivity contribution is 0.387. The number of piperazine rings is 1. The molecule has 9 heteroatoms. The van der Waals surface area contributed by atoms with Crippen LogP contribution in [-0.2, 0) is 10.0 Å². The monoisotopic (exact) mass is 372 g/mol. The standard InChI is InChI=1S/C17H20N6O2S/c1-13-15(6-5-14-4-3-7-19-12-14)16(21-17(18)20-13)22-8-10-23(11-9-22)26(2,24)25/h3-4,7,12H,8-11H2,1-2H3,(H2,18,20,21). The number of nitrogens with zero attached hydrogens (tertiary/aromatic N) is 5. The highest BCUT2D eigenvalue weighted by molar-refractivity contribution is 7.88. The van der Waals surface area contributed by atoms with Gasteiger partial charge in [-0.15, -0.1) is 0 Å². The molecule has 136 valence electrons. The highest BCUT2D eigenvalue weighted by Crippen LogP contribution is 2.22. The third-order valence-corrected chi connectivity index (χ3v) is 5.39. The lowest BCUT2D eigenvalue weighted by Gasteiger charge is -2.34. The van der Waals surface area contributed by atoms with Crippen molar-refractivity contribution in [2.75, 3.05) is 43.1 Å². The summed E-state index contributed by atoms with van der Waals surface area (Å²) in [5.41, 5.74) is 7.99. The van der Waals surface area contributed by atoms with Gasteiger partial charge in [-0.05, 0) is 19.1 Å². The van der Waals surface area contributed by atoms with Crippen molar-refractivity contribution in [2.45, 2.75) is 6.92 Å². The van der Waals surface area contributed by atoms with E-state index in [1.165, 1.54) is 10.6 Å². The molecule has 0 bridgehead atoms. The Morgan fingerprint density at radius 3 is 2.50 bits per heavy atom. The Bertz CT molecular complexity index is 958. The summed E-state index contributed by atoms with van der Waals surface area (Å²) in [6, 6.07) is 3.69. The van der Waals surface area contributed by atoms with E-state index in [9.17, 15) is 8.42 Å². The molecular weight excluding hydrogens is 352 g/mol. The zero-order chi connectivity index (χ0) is 18.7. The maximum atomic E-state index is 11.7. The smallest absolute Gasteiger partial charge is 0.222 e. The number of pyridine rings is 1.